The highest BCUT2D eigenvalue weighted by Crippen LogP contribution is 2.23. The van der Waals surface area contributed by atoms with Gasteiger partial charge >= 0.3 is 6.03 Å². The summed E-state index contributed by atoms with van der Waals surface area (Å²) in [7, 11) is 0. The van der Waals surface area contributed by atoms with E-state index in [9.17, 15) is 9.59 Å². The van der Waals surface area contributed by atoms with Crippen LogP contribution >= 0.6 is 11.6 Å². The second-order valence-corrected chi connectivity index (χ2v) is 6.00. The average molecular weight is 362 g/mol. The van der Waals surface area contributed by atoms with Crippen molar-refractivity contribution in [2.75, 3.05) is 6.54 Å². The van der Waals surface area contributed by atoms with Crippen molar-refractivity contribution in [3.8, 4) is 11.5 Å². The van der Waals surface area contributed by atoms with Crippen LogP contribution < -0.4 is 15.5 Å². The number of hydroxylamine groups is 1. The molecule has 0 unspecified atom stereocenters. The van der Waals surface area contributed by atoms with Crippen LogP contribution in [0, 0.1) is 0 Å². The fraction of sp³-hybridized carbons (Fsp3) is 0.176. The van der Waals surface area contributed by atoms with Crippen molar-refractivity contribution in [3.05, 3.63) is 59.1 Å². The van der Waals surface area contributed by atoms with Crippen LogP contribution in [0.25, 0.3) is 0 Å². The molecule has 2 aromatic carbocycles. The third-order valence-electron chi connectivity index (χ3n) is 3.76. The summed E-state index contributed by atoms with van der Waals surface area (Å²) < 4.78 is 5.71. The van der Waals surface area contributed by atoms with E-state index in [2.05, 4.69) is 5.32 Å². The number of benzene rings is 2. The minimum Gasteiger partial charge on any atom is -0.457 e. The average Bonchev–Trinajstić information content (AvgIpc) is 2.98. The first-order valence-electron chi connectivity index (χ1n) is 7.57. The monoisotopic (exact) mass is 361 g/mol. The maximum Gasteiger partial charge on any atom is 0.318 e. The molecule has 1 atom stereocenters. The molecule has 0 saturated carbocycles. The zero-order chi connectivity index (χ0) is 17.8. The molecule has 0 spiro atoms. The summed E-state index contributed by atoms with van der Waals surface area (Å²) in [5.74, 6) is 0.700. The first-order chi connectivity index (χ1) is 12.0. The van der Waals surface area contributed by atoms with E-state index in [0.717, 1.165) is 5.56 Å². The molecule has 0 radical (unpaired) electrons. The molecule has 0 aromatic heterocycles. The lowest BCUT2D eigenvalue weighted by molar-refractivity contribution is -0.130. The van der Waals surface area contributed by atoms with Gasteiger partial charge in [-0.25, -0.2) is 10.3 Å². The Morgan fingerprint density at radius 2 is 1.80 bits per heavy atom. The number of urea groups is 1. The van der Waals surface area contributed by atoms with Crippen molar-refractivity contribution in [2.24, 2.45) is 0 Å². The molecule has 7 nitrogen and oxygen atoms in total. The zero-order valence-corrected chi connectivity index (χ0v) is 13.9. The van der Waals surface area contributed by atoms with E-state index < -0.39 is 11.9 Å². The second kappa shape index (κ2) is 7.42. The Bertz CT molecular complexity index is 764. The van der Waals surface area contributed by atoms with Crippen molar-refractivity contribution in [2.45, 2.75) is 12.6 Å². The molecular formula is C17H16ClN3O4. The standard InChI is InChI=1S/C17H16ClN3O4/c18-12-3-7-14(8-4-12)25-13-5-1-11(2-6-13)9-21-10-15(16(22)20-24)19-17(21)23/h1-8,15,24H,9-10H2,(H,19,23)(H,20,22)/t15-/m1/s1. The fourth-order valence-electron chi connectivity index (χ4n) is 2.47. The molecule has 3 rings (SSSR count). The molecule has 3 N–H and O–H groups in total. The lowest BCUT2D eigenvalue weighted by Gasteiger charge is -2.15. The Kier molecular flexibility index (Phi) is 5.06. The molecule has 1 heterocycles. The van der Waals surface area contributed by atoms with Crippen LogP contribution in [0.15, 0.2) is 48.5 Å². The van der Waals surface area contributed by atoms with Gasteiger partial charge in [-0.2, -0.15) is 0 Å². The Hall–Kier alpha value is -2.77. The molecular weight excluding hydrogens is 346 g/mol. The number of halogens is 1. The molecule has 1 aliphatic heterocycles. The highest BCUT2D eigenvalue weighted by Gasteiger charge is 2.33. The summed E-state index contributed by atoms with van der Waals surface area (Å²) >= 11 is 5.84. The van der Waals surface area contributed by atoms with E-state index >= 15 is 0 Å². The quantitative estimate of drug-likeness (QED) is 0.563. The molecule has 25 heavy (non-hydrogen) atoms. The van der Waals surface area contributed by atoms with Gasteiger partial charge in [0.1, 0.15) is 17.5 Å². The van der Waals surface area contributed by atoms with Crippen LogP contribution in [0.2, 0.25) is 5.02 Å². The predicted molar refractivity (Wildman–Crippen MR) is 90.6 cm³/mol. The number of carbonyl (C=O) groups is 2. The van der Waals surface area contributed by atoms with Gasteiger partial charge < -0.3 is 15.0 Å². The molecule has 1 saturated heterocycles. The first-order valence-corrected chi connectivity index (χ1v) is 7.94. The van der Waals surface area contributed by atoms with E-state index in [-0.39, 0.29) is 12.6 Å². The number of nitrogens with one attached hydrogen (secondary N) is 2. The lowest BCUT2D eigenvalue weighted by atomic mass is 10.2. The molecule has 1 fully saturated rings. The van der Waals surface area contributed by atoms with Crippen molar-refractivity contribution >= 4 is 23.5 Å². The highest BCUT2D eigenvalue weighted by molar-refractivity contribution is 6.30. The summed E-state index contributed by atoms with van der Waals surface area (Å²) in [6.45, 7) is 0.538. The van der Waals surface area contributed by atoms with Gasteiger partial charge in [-0.15, -0.1) is 0 Å². The second-order valence-electron chi connectivity index (χ2n) is 5.56. The van der Waals surface area contributed by atoms with Crippen molar-refractivity contribution in [1.82, 2.24) is 15.7 Å². The number of hydrogen-bond acceptors (Lipinski definition) is 4. The Labute approximate surface area is 149 Å². The predicted octanol–water partition coefficient (Wildman–Crippen LogP) is 2.53. The largest absolute Gasteiger partial charge is 0.457 e. The highest BCUT2D eigenvalue weighted by atomic mass is 35.5. The summed E-state index contributed by atoms with van der Waals surface area (Å²) in [4.78, 5) is 24.7. The van der Waals surface area contributed by atoms with Crippen LogP contribution in [0.5, 0.6) is 11.5 Å². The van der Waals surface area contributed by atoms with E-state index in [4.69, 9.17) is 21.5 Å². The van der Waals surface area contributed by atoms with Gasteiger partial charge in [0.2, 0.25) is 0 Å². The van der Waals surface area contributed by atoms with Crippen molar-refractivity contribution < 1.29 is 19.5 Å². The van der Waals surface area contributed by atoms with Gasteiger partial charge in [0.25, 0.3) is 5.91 Å². The van der Waals surface area contributed by atoms with Crippen LogP contribution in [-0.2, 0) is 11.3 Å². The number of rotatable bonds is 5. The molecule has 0 aliphatic carbocycles. The minimum absolute atomic E-state index is 0.189. The van der Waals surface area contributed by atoms with Crippen LogP contribution in [-0.4, -0.2) is 34.6 Å². The smallest absolute Gasteiger partial charge is 0.318 e. The SMILES string of the molecule is O=C(NO)[C@H]1CN(Cc2ccc(Oc3ccc(Cl)cc3)cc2)C(=O)N1. The topological polar surface area (TPSA) is 90.9 Å². The summed E-state index contributed by atoms with van der Waals surface area (Å²) in [6, 6.07) is 13.2. The fourth-order valence-corrected chi connectivity index (χ4v) is 2.60. The number of nitrogens with zero attached hydrogens (tertiary/aromatic N) is 1. The van der Waals surface area contributed by atoms with Gasteiger partial charge in [-0.3, -0.25) is 10.0 Å². The van der Waals surface area contributed by atoms with Gasteiger partial charge in [0.15, 0.2) is 0 Å². The normalized spacial score (nSPS) is 16.5. The number of hydrogen-bond donors (Lipinski definition) is 3. The Morgan fingerprint density at radius 1 is 1.20 bits per heavy atom. The van der Waals surface area contributed by atoms with Crippen LogP contribution in [0.4, 0.5) is 4.79 Å². The van der Waals surface area contributed by atoms with E-state index in [1.807, 2.05) is 12.1 Å². The van der Waals surface area contributed by atoms with Gasteiger partial charge in [0.05, 0.1) is 6.54 Å². The van der Waals surface area contributed by atoms with Gasteiger partial charge in [-0.1, -0.05) is 23.7 Å². The molecule has 0 bridgehead atoms. The first kappa shape index (κ1) is 17.1. The van der Waals surface area contributed by atoms with Gasteiger partial charge in [0, 0.05) is 11.6 Å². The van der Waals surface area contributed by atoms with Crippen LogP contribution in [0.3, 0.4) is 0 Å². The number of carbonyl (C=O) groups excluding carboxylic acids is 2. The summed E-state index contributed by atoms with van der Waals surface area (Å²) in [5, 5.41) is 11.8. The van der Waals surface area contributed by atoms with E-state index in [1.165, 1.54) is 4.90 Å². The Balaban J connectivity index is 1.60. The summed E-state index contributed by atoms with van der Waals surface area (Å²) in [6.07, 6.45) is 0. The summed E-state index contributed by atoms with van der Waals surface area (Å²) in [5.41, 5.74) is 2.43. The van der Waals surface area contributed by atoms with Crippen molar-refractivity contribution in [1.29, 1.82) is 0 Å². The molecule has 2 aromatic rings. The number of amides is 3. The molecule has 8 heteroatoms. The van der Waals surface area contributed by atoms with E-state index in [0.29, 0.717) is 23.1 Å². The lowest BCUT2D eigenvalue weighted by Crippen LogP contribution is -2.41. The molecule has 1 aliphatic rings. The third kappa shape index (κ3) is 4.20. The van der Waals surface area contributed by atoms with Gasteiger partial charge in [-0.05, 0) is 42.0 Å². The van der Waals surface area contributed by atoms with E-state index in [1.54, 1.807) is 41.9 Å². The van der Waals surface area contributed by atoms with Crippen molar-refractivity contribution in [3.63, 3.8) is 0 Å². The number of ether oxygens (including phenoxy) is 1. The van der Waals surface area contributed by atoms with Crippen LogP contribution in [0.1, 0.15) is 5.56 Å². The maximum atomic E-state index is 11.9. The minimum atomic E-state index is -0.759. The molecule has 130 valence electrons. The zero-order valence-electron chi connectivity index (χ0n) is 13.1. The Morgan fingerprint density at radius 3 is 2.40 bits per heavy atom. The third-order valence-corrected chi connectivity index (χ3v) is 4.01. The maximum absolute atomic E-state index is 11.9. The molecule has 3 amide bonds.